The molecule has 1 atom stereocenters. The third-order valence-corrected chi connectivity index (χ3v) is 8.09. The maximum Gasteiger partial charge on any atom is 0.297 e. The van der Waals surface area contributed by atoms with Gasteiger partial charge in [-0.2, -0.15) is 0 Å². The number of thiazole rings is 1. The standard InChI is InChI=1S/C29H27ClN2O6S/c1-14(2)10-11-37-21-8-6-17(12-22(21)36-5)24-23-25(34)19-13-18(30)7-9-20(19)38-26(23)28(35)32(24)29-31-15(3)27(39-29)16(4)33/h6-9,12-14,24H,10-11H2,1-5H3. The van der Waals surface area contributed by atoms with Crippen LogP contribution in [0.3, 0.4) is 0 Å². The molecule has 0 spiro atoms. The van der Waals surface area contributed by atoms with Crippen molar-refractivity contribution in [2.45, 2.75) is 40.2 Å². The number of halogens is 1. The molecule has 4 aromatic rings. The number of ketones is 1. The van der Waals surface area contributed by atoms with E-state index in [2.05, 4.69) is 18.8 Å². The predicted molar refractivity (Wildman–Crippen MR) is 151 cm³/mol. The van der Waals surface area contributed by atoms with Gasteiger partial charge in [0.1, 0.15) is 5.58 Å². The van der Waals surface area contributed by atoms with Gasteiger partial charge < -0.3 is 13.9 Å². The van der Waals surface area contributed by atoms with Gasteiger partial charge in [-0.3, -0.25) is 19.3 Å². The summed E-state index contributed by atoms with van der Waals surface area (Å²) < 4.78 is 17.6. The largest absolute Gasteiger partial charge is 0.493 e. The van der Waals surface area contributed by atoms with Crippen molar-refractivity contribution in [1.82, 2.24) is 4.98 Å². The molecule has 39 heavy (non-hydrogen) atoms. The van der Waals surface area contributed by atoms with Crippen molar-refractivity contribution in [2.75, 3.05) is 18.6 Å². The number of Topliss-reactive ketones (excluding diaryl/α,β-unsaturated/α-hetero) is 1. The second-order valence-corrected chi connectivity index (χ2v) is 11.2. The number of rotatable bonds is 8. The van der Waals surface area contributed by atoms with E-state index in [9.17, 15) is 14.4 Å². The first-order valence-corrected chi connectivity index (χ1v) is 13.7. The Morgan fingerprint density at radius 3 is 2.62 bits per heavy atom. The number of hydrogen-bond acceptors (Lipinski definition) is 8. The van der Waals surface area contributed by atoms with E-state index >= 15 is 0 Å². The number of aromatic nitrogens is 1. The average Bonchev–Trinajstić information content (AvgIpc) is 3.42. The van der Waals surface area contributed by atoms with Gasteiger partial charge in [-0.05, 0) is 55.2 Å². The Bertz CT molecular complexity index is 1670. The van der Waals surface area contributed by atoms with Crippen LogP contribution in [0.25, 0.3) is 11.0 Å². The highest BCUT2D eigenvalue weighted by Crippen LogP contribution is 2.45. The lowest BCUT2D eigenvalue weighted by atomic mass is 9.98. The number of aryl methyl sites for hydroxylation is 1. The molecule has 2 aromatic carbocycles. The fourth-order valence-electron chi connectivity index (χ4n) is 4.65. The maximum absolute atomic E-state index is 13.9. The molecule has 0 aliphatic carbocycles. The molecule has 10 heteroatoms. The van der Waals surface area contributed by atoms with Gasteiger partial charge in [0.15, 0.2) is 27.8 Å². The first-order valence-electron chi connectivity index (χ1n) is 12.5. The van der Waals surface area contributed by atoms with Crippen LogP contribution in [0.15, 0.2) is 45.6 Å². The number of carbonyl (C=O) groups excluding carboxylic acids is 2. The normalized spacial score (nSPS) is 14.8. The second kappa shape index (κ2) is 10.5. The Kier molecular flexibility index (Phi) is 7.22. The van der Waals surface area contributed by atoms with Gasteiger partial charge >= 0.3 is 0 Å². The summed E-state index contributed by atoms with van der Waals surface area (Å²) in [5.74, 6) is 0.742. The highest BCUT2D eigenvalue weighted by atomic mass is 35.5. The molecule has 0 bridgehead atoms. The van der Waals surface area contributed by atoms with E-state index in [0.717, 1.165) is 17.8 Å². The Hall–Kier alpha value is -3.69. The molecule has 3 heterocycles. The minimum atomic E-state index is -0.879. The quantitative estimate of drug-likeness (QED) is 0.222. The molecule has 0 saturated heterocycles. The van der Waals surface area contributed by atoms with Crippen molar-refractivity contribution in [2.24, 2.45) is 5.92 Å². The van der Waals surface area contributed by atoms with E-state index < -0.39 is 11.9 Å². The van der Waals surface area contributed by atoms with Crippen LogP contribution < -0.4 is 19.8 Å². The van der Waals surface area contributed by atoms with Crippen LogP contribution >= 0.6 is 22.9 Å². The third kappa shape index (κ3) is 4.81. The van der Waals surface area contributed by atoms with Crippen molar-refractivity contribution in [3.63, 3.8) is 0 Å². The van der Waals surface area contributed by atoms with Crippen molar-refractivity contribution >= 4 is 50.7 Å². The highest BCUT2D eigenvalue weighted by Gasteiger charge is 2.45. The lowest BCUT2D eigenvalue weighted by Crippen LogP contribution is -2.29. The monoisotopic (exact) mass is 566 g/mol. The number of benzene rings is 2. The second-order valence-electron chi connectivity index (χ2n) is 9.80. The van der Waals surface area contributed by atoms with Crippen LogP contribution in [0.2, 0.25) is 5.02 Å². The number of anilines is 1. The van der Waals surface area contributed by atoms with Gasteiger partial charge in [0.25, 0.3) is 5.91 Å². The van der Waals surface area contributed by atoms with E-state index in [1.54, 1.807) is 37.3 Å². The lowest BCUT2D eigenvalue weighted by Gasteiger charge is -2.23. The lowest BCUT2D eigenvalue weighted by molar-refractivity contribution is 0.0969. The Morgan fingerprint density at radius 2 is 1.95 bits per heavy atom. The van der Waals surface area contributed by atoms with Crippen LogP contribution in [0, 0.1) is 12.8 Å². The summed E-state index contributed by atoms with van der Waals surface area (Å²) in [6, 6.07) is 9.12. The van der Waals surface area contributed by atoms with Gasteiger partial charge in [0, 0.05) is 11.9 Å². The number of fused-ring (bicyclic) bond motifs is 2. The summed E-state index contributed by atoms with van der Waals surface area (Å²) in [6.45, 7) is 7.92. The molecule has 1 unspecified atom stereocenters. The number of ether oxygens (including phenoxy) is 2. The first kappa shape index (κ1) is 26.9. The molecular weight excluding hydrogens is 540 g/mol. The zero-order valence-corrected chi connectivity index (χ0v) is 23.7. The van der Waals surface area contributed by atoms with Crippen LogP contribution in [0.5, 0.6) is 11.5 Å². The number of nitrogens with zero attached hydrogens (tertiary/aromatic N) is 2. The molecule has 0 N–H and O–H groups in total. The summed E-state index contributed by atoms with van der Waals surface area (Å²) in [7, 11) is 1.53. The van der Waals surface area contributed by atoms with Gasteiger partial charge in [-0.25, -0.2) is 4.98 Å². The Labute approximate surface area is 234 Å². The van der Waals surface area contributed by atoms with E-state index in [4.69, 9.17) is 25.5 Å². The summed E-state index contributed by atoms with van der Waals surface area (Å²) in [4.78, 5) is 46.3. The third-order valence-electron chi connectivity index (χ3n) is 6.60. The van der Waals surface area contributed by atoms with Crippen LogP contribution in [-0.2, 0) is 0 Å². The Morgan fingerprint density at radius 1 is 1.18 bits per heavy atom. The van der Waals surface area contributed by atoms with Crippen LogP contribution in [0.4, 0.5) is 5.13 Å². The molecule has 0 fully saturated rings. The molecule has 8 nitrogen and oxygen atoms in total. The number of amides is 1. The Balaban J connectivity index is 1.70. The molecule has 2 aromatic heterocycles. The van der Waals surface area contributed by atoms with Crippen molar-refractivity contribution < 1.29 is 23.5 Å². The van der Waals surface area contributed by atoms with Gasteiger partial charge in [0.05, 0.1) is 41.3 Å². The van der Waals surface area contributed by atoms with Gasteiger partial charge in [-0.15, -0.1) is 0 Å². The molecule has 202 valence electrons. The fraction of sp³-hybridized carbons (Fsp3) is 0.310. The average molecular weight is 567 g/mol. The van der Waals surface area contributed by atoms with E-state index in [-0.39, 0.29) is 38.6 Å². The first-order chi connectivity index (χ1) is 18.6. The van der Waals surface area contributed by atoms with Gasteiger partial charge in [0.2, 0.25) is 5.76 Å². The summed E-state index contributed by atoms with van der Waals surface area (Å²) in [6.07, 6.45) is 0.877. The summed E-state index contributed by atoms with van der Waals surface area (Å²) in [5.41, 5.74) is 1.16. The zero-order chi connectivity index (χ0) is 28.0. The molecule has 1 amide bonds. The van der Waals surface area contributed by atoms with Crippen molar-refractivity contribution in [3.8, 4) is 11.5 Å². The SMILES string of the molecule is COc1cc(C2c3c(oc4ccc(Cl)cc4c3=O)C(=O)N2c2nc(C)c(C(C)=O)s2)ccc1OCCC(C)C. The van der Waals surface area contributed by atoms with Crippen LogP contribution in [0.1, 0.15) is 70.3 Å². The highest BCUT2D eigenvalue weighted by molar-refractivity contribution is 7.17. The van der Waals surface area contributed by atoms with E-state index in [1.807, 2.05) is 0 Å². The van der Waals surface area contributed by atoms with E-state index in [0.29, 0.717) is 45.2 Å². The number of methoxy groups -OCH3 is 1. The van der Waals surface area contributed by atoms with E-state index in [1.165, 1.54) is 25.0 Å². The predicted octanol–water partition coefficient (Wildman–Crippen LogP) is 6.60. The molecule has 5 rings (SSSR count). The van der Waals surface area contributed by atoms with Crippen molar-refractivity contribution in [3.05, 3.63) is 79.1 Å². The number of hydrogen-bond donors (Lipinski definition) is 0. The summed E-state index contributed by atoms with van der Waals surface area (Å²) in [5, 5.41) is 0.928. The molecule has 0 saturated carbocycles. The maximum atomic E-state index is 13.9. The zero-order valence-electron chi connectivity index (χ0n) is 22.2. The topological polar surface area (TPSA) is 98.9 Å². The minimum Gasteiger partial charge on any atom is -0.493 e. The minimum absolute atomic E-state index is 0.0757. The molecular formula is C29H27ClN2O6S. The van der Waals surface area contributed by atoms with Crippen LogP contribution in [-0.4, -0.2) is 30.4 Å². The van der Waals surface area contributed by atoms with Crippen molar-refractivity contribution in [1.29, 1.82) is 0 Å². The smallest absolute Gasteiger partial charge is 0.297 e. The number of carbonyl (C=O) groups is 2. The summed E-state index contributed by atoms with van der Waals surface area (Å²) >= 11 is 7.29. The molecule has 0 radical (unpaired) electrons. The molecule has 1 aliphatic heterocycles. The fourth-order valence-corrected chi connectivity index (χ4v) is 5.81. The molecule has 1 aliphatic rings. The van der Waals surface area contributed by atoms with Gasteiger partial charge in [-0.1, -0.05) is 42.9 Å².